The van der Waals surface area contributed by atoms with Crippen LogP contribution in [0.15, 0.2) is 0 Å². The quantitative estimate of drug-likeness (QED) is 0.699. The molecule has 1 saturated carbocycles. The first-order valence-electron chi connectivity index (χ1n) is 7.57. The van der Waals surface area contributed by atoms with Crippen molar-refractivity contribution < 1.29 is 8.42 Å². The maximum atomic E-state index is 12.2. The van der Waals surface area contributed by atoms with Gasteiger partial charge in [-0.05, 0) is 44.2 Å². The van der Waals surface area contributed by atoms with Crippen molar-refractivity contribution in [1.29, 1.82) is 0 Å². The van der Waals surface area contributed by atoms with Crippen molar-refractivity contribution in [3.8, 4) is 0 Å². The molecular weight excluding hydrogens is 262 g/mol. The topological polar surface area (TPSA) is 61.4 Å². The number of nitrogens with zero attached hydrogens (tertiary/aromatic N) is 1. The van der Waals surface area contributed by atoms with Gasteiger partial charge in [-0.25, -0.2) is 4.72 Å². The fraction of sp³-hybridized carbons (Fsp3) is 1.00. The summed E-state index contributed by atoms with van der Waals surface area (Å²) in [6.07, 6.45) is 5.64. The Balaban J connectivity index is 1.76. The summed E-state index contributed by atoms with van der Waals surface area (Å²) in [5.41, 5.74) is 0. The normalized spacial score (nSPS) is 25.6. The average Bonchev–Trinajstić information content (AvgIpc) is 3.21. The smallest absolute Gasteiger partial charge is 0.279 e. The highest BCUT2D eigenvalue weighted by molar-refractivity contribution is 7.87. The van der Waals surface area contributed by atoms with E-state index in [-0.39, 0.29) is 0 Å². The molecule has 0 spiro atoms. The molecule has 1 unspecified atom stereocenters. The van der Waals surface area contributed by atoms with Crippen molar-refractivity contribution in [1.82, 2.24) is 14.3 Å². The summed E-state index contributed by atoms with van der Waals surface area (Å²) in [5, 5.41) is 3.31. The minimum atomic E-state index is -3.25. The van der Waals surface area contributed by atoms with Gasteiger partial charge in [-0.3, -0.25) is 0 Å². The van der Waals surface area contributed by atoms with Gasteiger partial charge in [-0.1, -0.05) is 19.8 Å². The molecule has 112 valence electrons. The highest BCUT2D eigenvalue weighted by Crippen LogP contribution is 2.31. The van der Waals surface area contributed by atoms with Crippen molar-refractivity contribution in [3.63, 3.8) is 0 Å². The van der Waals surface area contributed by atoms with E-state index in [1.165, 1.54) is 12.8 Å². The third kappa shape index (κ3) is 5.02. The first kappa shape index (κ1) is 15.2. The fourth-order valence-electron chi connectivity index (χ4n) is 2.65. The fourth-order valence-corrected chi connectivity index (χ4v) is 3.98. The molecule has 2 fully saturated rings. The van der Waals surface area contributed by atoms with E-state index in [1.807, 2.05) is 0 Å². The van der Waals surface area contributed by atoms with Crippen molar-refractivity contribution in [2.24, 2.45) is 11.8 Å². The Hall–Kier alpha value is -0.170. The molecule has 6 heteroatoms. The summed E-state index contributed by atoms with van der Waals surface area (Å²) in [5.74, 6) is 1.22. The second kappa shape index (κ2) is 7.02. The number of hydrogen-bond acceptors (Lipinski definition) is 3. The lowest BCUT2D eigenvalue weighted by molar-refractivity contribution is 0.258. The van der Waals surface area contributed by atoms with Crippen LogP contribution in [0.25, 0.3) is 0 Å². The molecule has 2 N–H and O–H groups in total. The van der Waals surface area contributed by atoms with E-state index in [1.54, 1.807) is 4.31 Å². The van der Waals surface area contributed by atoms with Crippen LogP contribution >= 0.6 is 0 Å². The van der Waals surface area contributed by atoms with Crippen LogP contribution < -0.4 is 10.0 Å². The van der Waals surface area contributed by atoms with Crippen LogP contribution in [0.3, 0.4) is 0 Å². The summed E-state index contributed by atoms with van der Waals surface area (Å²) >= 11 is 0. The summed E-state index contributed by atoms with van der Waals surface area (Å²) in [6.45, 7) is 5.87. The van der Waals surface area contributed by atoms with E-state index in [9.17, 15) is 8.42 Å². The molecule has 1 heterocycles. The molecule has 0 radical (unpaired) electrons. The lowest BCUT2D eigenvalue weighted by atomic mass is 10.00. The maximum absolute atomic E-state index is 12.2. The zero-order valence-corrected chi connectivity index (χ0v) is 12.7. The SMILES string of the molecule is CCNCC1CCCN(S(=O)(=O)NCCC2CC2)C1. The van der Waals surface area contributed by atoms with Crippen LogP contribution in [0.4, 0.5) is 0 Å². The Kier molecular flexibility index (Phi) is 5.62. The summed E-state index contributed by atoms with van der Waals surface area (Å²) in [6, 6.07) is 0. The first-order valence-corrected chi connectivity index (χ1v) is 9.01. The van der Waals surface area contributed by atoms with Gasteiger partial charge in [0.1, 0.15) is 0 Å². The van der Waals surface area contributed by atoms with Crippen LogP contribution in [-0.4, -0.2) is 45.4 Å². The minimum Gasteiger partial charge on any atom is -0.317 e. The van der Waals surface area contributed by atoms with Gasteiger partial charge < -0.3 is 5.32 Å². The van der Waals surface area contributed by atoms with Crippen LogP contribution in [-0.2, 0) is 10.2 Å². The van der Waals surface area contributed by atoms with Crippen molar-refractivity contribution >= 4 is 10.2 Å². The summed E-state index contributed by atoms with van der Waals surface area (Å²) < 4.78 is 28.8. The second-order valence-corrected chi connectivity index (χ2v) is 7.56. The lowest BCUT2D eigenvalue weighted by Gasteiger charge is -2.32. The van der Waals surface area contributed by atoms with Crippen LogP contribution in [0.2, 0.25) is 0 Å². The lowest BCUT2D eigenvalue weighted by Crippen LogP contribution is -2.47. The third-order valence-electron chi connectivity index (χ3n) is 4.04. The molecule has 1 aliphatic carbocycles. The van der Waals surface area contributed by atoms with Gasteiger partial charge in [0.2, 0.25) is 0 Å². The average molecular weight is 289 g/mol. The van der Waals surface area contributed by atoms with E-state index in [2.05, 4.69) is 17.0 Å². The number of nitrogens with one attached hydrogen (secondary N) is 2. The molecule has 2 aliphatic rings. The van der Waals surface area contributed by atoms with Crippen molar-refractivity contribution in [2.45, 2.75) is 39.0 Å². The molecule has 2 rings (SSSR count). The van der Waals surface area contributed by atoms with Gasteiger partial charge in [0.25, 0.3) is 10.2 Å². The number of piperidine rings is 1. The zero-order valence-electron chi connectivity index (χ0n) is 11.9. The van der Waals surface area contributed by atoms with Gasteiger partial charge in [0.15, 0.2) is 0 Å². The van der Waals surface area contributed by atoms with Crippen molar-refractivity contribution in [3.05, 3.63) is 0 Å². The van der Waals surface area contributed by atoms with E-state index in [0.717, 1.165) is 38.3 Å². The number of rotatable bonds is 8. The Labute approximate surface area is 117 Å². The number of hydrogen-bond donors (Lipinski definition) is 2. The predicted octanol–water partition coefficient (Wildman–Crippen LogP) is 0.942. The minimum absolute atomic E-state index is 0.453. The van der Waals surface area contributed by atoms with Crippen LogP contribution in [0.1, 0.15) is 39.0 Å². The van der Waals surface area contributed by atoms with E-state index >= 15 is 0 Å². The second-order valence-electron chi connectivity index (χ2n) is 5.81. The molecule has 0 aromatic rings. The van der Waals surface area contributed by atoms with Gasteiger partial charge in [-0.2, -0.15) is 12.7 Å². The molecule has 0 bridgehead atoms. The summed E-state index contributed by atoms with van der Waals surface area (Å²) in [7, 11) is -3.25. The predicted molar refractivity (Wildman–Crippen MR) is 77.1 cm³/mol. The molecule has 5 nitrogen and oxygen atoms in total. The molecule has 1 atom stereocenters. The molecule has 0 aromatic heterocycles. The molecule has 0 aromatic carbocycles. The molecular formula is C13H27N3O2S. The highest BCUT2D eigenvalue weighted by Gasteiger charge is 2.29. The Morgan fingerprint density at radius 2 is 2.00 bits per heavy atom. The van der Waals surface area contributed by atoms with Gasteiger partial charge in [0, 0.05) is 19.6 Å². The Bertz CT molecular complexity index is 368. The molecule has 1 saturated heterocycles. The molecule has 0 amide bonds. The van der Waals surface area contributed by atoms with Gasteiger partial charge in [-0.15, -0.1) is 0 Å². The molecule has 19 heavy (non-hydrogen) atoms. The third-order valence-corrected chi connectivity index (χ3v) is 5.62. The van der Waals surface area contributed by atoms with Gasteiger partial charge >= 0.3 is 0 Å². The van der Waals surface area contributed by atoms with Crippen LogP contribution in [0, 0.1) is 11.8 Å². The maximum Gasteiger partial charge on any atom is 0.279 e. The Morgan fingerprint density at radius 3 is 2.68 bits per heavy atom. The standard InChI is InChI=1S/C13H27N3O2S/c1-2-14-10-13-4-3-9-16(11-13)19(17,18)15-8-7-12-5-6-12/h12-15H,2-11H2,1H3. The highest BCUT2D eigenvalue weighted by atomic mass is 32.2. The van der Waals surface area contributed by atoms with Gasteiger partial charge in [0.05, 0.1) is 0 Å². The molecule has 1 aliphatic heterocycles. The Morgan fingerprint density at radius 1 is 1.21 bits per heavy atom. The largest absolute Gasteiger partial charge is 0.317 e. The van der Waals surface area contributed by atoms with E-state index < -0.39 is 10.2 Å². The van der Waals surface area contributed by atoms with Crippen molar-refractivity contribution in [2.75, 3.05) is 32.7 Å². The van der Waals surface area contributed by atoms with E-state index in [4.69, 9.17) is 0 Å². The summed E-state index contributed by atoms with van der Waals surface area (Å²) in [4.78, 5) is 0. The monoisotopic (exact) mass is 289 g/mol. The zero-order chi connectivity index (χ0) is 13.7. The van der Waals surface area contributed by atoms with E-state index in [0.29, 0.717) is 25.6 Å². The van der Waals surface area contributed by atoms with Crippen LogP contribution in [0.5, 0.6) is 0 Å². The first-order chi connectivity index (χ1) is 9.12.